The molecule has 0 saturated heterocycles. The van der Waals surface area contributed by atoms with Gasteiger partial charge in [-0.05, 0) is 24.3 Å². The number of hydrogen-bond donors (Lipinski definition) is 2. The number of thiophene rings is 1. The highest BCUT2D eigenvalue weighted by molar-refractivity contribution is 7.09. The molecule has 0 aliphatic carbocycles. The monoisotopic (exact) mass is 323 g/mol. The molecule has 0 spiro atoms. The standard InChI is InChI=1S/C14H19N3OS.CH2O2/c1-17-10-9-15-13(17)7-8-16-14(18)6-2-4-12-5-3-11-19-12;2-1-3/h3,5,9-11H,2,4,6-8H2,1H3,(H,16,18);1H,(H,2,3). The number of imidazole rings is 1. The van der Waals surface area contributed by atoms with E-state index in [2.05, 4.69) is 21.7 Å². The minimum absolute atomic E-state index is 0.130. The Kier molecular flexibility index (Phi) is 8.59. The lowest BCUT2D eigenvalue weighted by atomic mass is 10.2. The maximum Gasteiger partial charge on any atom is 0.290 e. The SMILES string of the molecule is Cn1ccnc1CCNC(=O)CCCc1cccs1.O=CO. The lowest BCUT2D eigenvalue weighted by Gasteiger charge is -2.05. The first-order chi connectivity index (χ1) is 10.7. The largest absolute Gasteiger partial charge is 0.483 e. The number of aryl methyl sites for hydroxylation is 2. The van der Waals surface area contributed by atoms with Crippen molar-refractivity contribution >= 4 is 23.7 Å². The van der Waals surface area contributed by atoms with Gasteiger partial charge in [0.05, 0.1) is 0 Å². The van der Waals surface area contributed by atoms with E-state index in [0.29, 0.717) is 13.0 Å². The topological polar surface area (TPSA) is 84.2 Å². The van der Waals surface area contributed by atoms with Crippen LogP contribution in [0.4, 0.5) is 0 Å². The third-order valence-corrected chi connectivity index (χ3v) is 3.94. The zero-order valence-corrected chi connectivity index (χ0v) is 13.4. The molecule has 7 heteroatoms. The van der Waals surface area contributed by atoms with Crippen molar-refractivity contribution in [1.29, 1.82) is 0 Å². The minimum Gasteiger partial charge on any atom is -0.483 e. The van der Waals surface area contributed by atoms with Crippen LogP contribution in [-0.2, 0) is 29.5 Å². The van der Waals surface area contributed by atoms with Crippen molar-refractivity contribution in [3.63, 3.8) is 0 Å². The third-order valence-electron chi connectivity index (χ3n) is 3.00. The molecule has 0 fully saturated rings. The number of amides is 1. The summed E-state index contributed by atoms with van der Waals surface area (Å²) in [5.41, 5.74) is 0. The van der Waals surface area contributed by atoms with Crippen LogP contribution in [0.25, 0.3) is 0 Å². The first-order valence-corrected chi connectivity index (χ1v) is 7.88. The van der Waals surface area contributed by atoms with Gasteiger partial charge in [-0.25, -0.2) is 4.98 Å². The Morgan fingerprint density at radius 1 is 1.50 bits per heavy atom. The lowest BCUT2D eigenvalue weighted by Crippen LogP contribution is -2.26. The number of rotatable bonds is 7. The van der Waals surface area contributed by atoms with E-state index < -0.39 is 0 Å². The Bertz CT molecular complexity index is 552. The number of nitrogens with one attached hydrogen (secondary N) is 1. The summed E-state index contributed by atoms with van der Waals surface area (Å²) in [6, 6.07) is 4.16. The Balaban J connectivity index is 0.000000745. The van der Waals surface area contributed by atoms with Crippen molar-refractivity contribution < 1.29 is 14.7 Å². The molecule has 2 rings (SSSR count). The molecule has 1 amide bonds. The van der Waals surface area contributed by atoms with Gasteiger partial charge in [-0.2, -0.15) is 0 Å². The van der Waals surface area contributed by atoms with Crippen LogP contribution in [0, 0.1) is 0 Å². The van der Waals surface area contributed by atoms with Crippen LogP contribution in [-0.4, -0.2) is 33.6 Å². The molecule has 120 valence electrons. The fraction of sp³-hybridized carbons (Fsp3) is 0.400. The van der Waals surface area contributed by atoms with Crippen molar-refractivity contribution in [2.45, 2.75) is 25.7 Å². The zero-order chi connectivity index (χ0) is 16.2. The smallest absolute Gasteiger partial charge is 0.290 e. The number of nitrogens with zero attached hydrogens (tertiary/aromatic N) is 2. The van der Waals surface area contributed by atoms with E-state index in [4.69, 9.17) is 9.90 Å². The molecule has 0 bridgehead atoms. The predicted molar refractivity (Wildman–Crippen MR) is 85.9 cm³/mol. The van der Waals surface area contributed by atoms with Crippen LogP contribution in [0.2, 0.25) is 0 Å². The summed E-state index contributed by atoms with van der Waals surface area (Å²) in [4.78, 5) is 25.6. The Morgan fingerprint density at radius 3 is 2.86 bits per heavy atom. The highest BCUT2D eigenvalue weighted by Gasteiger charge is 2.03. The van der Waals surface area contributed by atoms with Gasteiger partial charge in [0.25, 0.3) is 6.47 Å². The number of carbonyl (C=O) groups is 2. The molecule has 0 radical (unpaired) electrons. The summed E-state index contributed by atoms with van der Waals surface area (Å²) < 4.78 is 1.98. The molecule has 0 saturated carbocycles. The summed E-state index contributed by atoms with van der Waals surface area (Å²) in [6.07, 6.45) is 6.97. The van der Waals surface area contributed by atoms with Crippen LogP contribution in [0.5, 0.6) is 0 Å². The number of carboxylic acid groups (broad SMARTS) is 1. The van der Waals surface area contributed by atoms with E-state index in [1.807, 2.05) is 23.9 Å². The van der Waals surface area contributed by atoms with Gasteiger partial charge in [-0.3, -0.25) is 9.59 Å². The second-order valence-electron chi connectivity index (χ2n) is 4.59. The second kappa shape index (κ2) is 10.6. The molecular weight excluding hydrogens is 302 g/mol. The molecule has 2 aromatic heterocycles. The first kappa shape index (κ1) is 17.9. The Labute approximate surface area is 133 Å². The van der Waals surface area contributed by atoms with E-state index >= 15 is 0 Å². The normalized spacial score (nSPS) is 9.68. The predicted octanol–water partition coefficient (Wildman–Crippen LogP) is 1.86. The number of aromatic nitrogens is 2. The molecule has 2 heterocycles. The van der Waals surface area contributed by atoms with Gasteiger partial charge in [-0.15, -0.1) is 11.3 Å². The molecule has 0 aliphatic heterocycles. The molecule has 6 nitrogen and oxygen atoms in total. The molecule has 0 aliphatic rings. The number of hydrogen-bond acceptors (Lipinski definition) is 4. The van der Waals surface area contributed by atoms with Gasteiger partial charge in [0.15, 0.2) is 0 Å². The van der Waals surface area contributed by atoms with Crippen LogP contribution >= 0.6 is 11.3 Å². The van der Waals surface area contributed by atoms with Crippen LogP contribution in [0.3, 0.4) is 0 Å². The first-order valence-electron chi connectivity index (χ1n) is 7.00. The van der Waals surface area contributed by atoms with E-state index in [-0.39, 0.29) is 12.4 Å². The minimum atomic E-state index is -0.250. The summed E-state index contributed by atoms with van der Waals surface area (Å²) in [5, 5.41) is 11.9. The molecule has 0 unspecified atom stereocenters. The molecule has 2 aromatic rings. The molecular formula is C15H21N3O3S. The number of carbonyl (C=O) groups excluding carboxylic acids is 1. The fourth-order valence-corrected chi connectivity index (χ4v) is 2.67. The van der Waals surface area contributed by atoms with Gasteiger partial charge in [0.2, 0.25) is 5.91 Å². The summed E-state index contributed by atoms with van der Waals surface area (Å²) in [7, 11) is 1.96. The van der Waals surface area contributed by atoms with Crippen LogP contribution < -0.4 is 5.32 Å². The molecule has 2 N–H and O–H groups in total. The van der Waals surface area contributed by atoms with Crippen molar-refractivity contribution in [2.24, 2.45) is 7.05 Å². The van der Waals surface area contributed by atoms with Gasteiger partial charge < -0.3 is 15.0 Å². The lowest BCUT2D eigenvalue weighted by molar-refractivity contribution is -0.123. The highest BCUT2D eigenvalue weighted by atomic mass is 32.1. The van der Waals surface area contributed by atoms with Gasteiger partial charge in [0, 0.05) is 43.7 Å². The fourth-order valence-electron chi connectivity index (χ4n) is 1.92. The molecule has 0 aromatic carbocycles. The van der Waals surface area contributed by atoms with Crippen molar-refractivity contribution in [3.8, 4) is 0 Å². The average Bonchev–Trinajstić information content (AvgIpc) is 3.12. The van der Waals surface area contributed by atoms with Crippen molar-refractivity contribution in [3.05, 3.63) is 40.6 Å². The molecule has 0 atom stereocenters. The average molecular weight is 323 g/mol. The maximum atomic E-state index is 11.7. The second-order valence-corrected chi connectivity index (χ2v) is 5.62. The highest BCUT2D eigenvalue weighted by Crippen LogP contribution is 2.11. The quantitative estimate of drug-likeness (QED) is 0.762. The summed E-state index contributed by atoms with van der Waals surface area (Å²) in [6.45, 7) is 0.405. The van der Waals surface area contributed by atoms with E-state index in [9.17, 15) is 4.79 Å². The van der Waals surface area contributed by atoms with Crippen LogP contribution in [0.1, 0.15) is 23.5 Å². The van der Waals surface area contributed by atoms with Crippen LogP contribution in [0.15, 0.2) is 29.9 Å². The van der Waals surface area contributed by atoms with Gasteiger partial charge >= 0.3 is 0 Å². The Morgan fingerprint density at radius 2 is 2.27 bits per heavy atom. The molecule has 22 heavy (non-hydrogen) atoms. The summed E-state index contributed by atoms with van der Waals surface area (Å²) in [5.74, 6) is 1.13. The van der Waals surface area contributed by atoms with E-state index in [0.717, 1.165) is 25.1 Å². The zero-order valence-electron chi connectivity index (χ0n) is 12.6. The van der Waals surface area contributed by atoms with Crippen molar-refractivity contribution in [2.75, 3.05) is 6.54 Å². The Hall–Kier alpha value is -2.15. The van der Waals surface area contributed by atoms with Gasteiger partial charge in [0.1, 0.15) is 5.82 Å². The van der Waals surface area contributed by atoms with Crippen molar-refractivity contribution in [1.82, 2.24) is 14.9 Å². The maximum absolute atomic E-state index is 11.7. The summed E-state index contributed by atoms with van der Waals surface area (Å²) >= 11 is 1.75. The van der Waals surface area contributed by atoms with E-state index in [1.54, 1.807) is 17.5 Å². The third kappa shape index (κ3) is 7.03. The van der Waals surface area contributed by atoms with Gasteiger partial charge in [-0.1, -0.05) is 6.07 Å². The van der Waals surface area contributed by atoms with E-state index in [1.165, 1.54) is 4.88 Å².